The van der Waals surface area contributed by atoms with Gasteiger partial charge < -0.3 is 11.1 Å². The van der Waals surface area contributed by atoms with E-state index in [0.717, 1.165) is 16.8 Å². The van der Waals surface area contributed by atoms with E-state index in [2.05, 4.69) is 37.6 Å². The Bertz CT molecular complexity index is 675. The normalized spacial score (nSPS) is 10.4. The van der Waals surface area contributed by atoms with Gasteiger partial charge in [0.2, 0.25) is 5.95 Å². The first-order valence-electron chi connectivity index (χ1n) is 6.22. The lowest BCUT2D eigenvalue weighted by Gasteiger charge is -2.06. The van der Waals surface area contributed by atoms with Crippen LogP contribution < -0.4 is 11.1 Å². The Morgan fingerprint density at radius 3 is 2.60 bits per heavy atom. The van der Waals surface area contributed by atoms with Crippen LogP contribution in [0, 0.1) is 0 Å². The van der Waals surface area contributed by atoms with Crippen LogP contribution in [0.3, 0.4) is 0 Å². The van der Waals surface area contributed by atoms with Crippen molar-refractivity contribution in [3.8, 4) is 11.3 Å². The molecule has 3 aromatic rings. The zero-order valence-corrected chi connectivity index (χ0v) is 10.7. The smallest absolute Gasteiger partial charge is 0.224 e. The number of aromatic amines is 1. The Morgan fingerprint density at radius 2 is 1.90 bits per heavy atom. The monoisotopic (exact) mass is 266 g/mol. The standard InChI is InChI=1S/C14H14N6/c15-13-6-7-16-14(19-13)17-9-10-1-3-11(4-2-10)12-5-8-18-20-12/h1-8H,9H2,(H,18,20)(H3,15,16,17,19). The Balaban J connectivity index is 1.67. The highest BCUT2D eigenvalue weighted by Crippen LogP contribution is 2.17. The molecular weight excluding hydrogens is 252 g/mol. The van der Waals surface area contributed by atoms with Crippen molar-refractivity contribution >= 4 is 11.8 Å². The minimum Gasteiger partial charge on any atom is -0.384 e. The highest BCUT2D eigenvalue weighted by molar-refractivity contribution is 5.58. The molecule has 0 spiro atoms. The number of hydrogen-bond donors (Lipinski definition) is 3. The molecule has 100 valence electrons. The third-order valence-corrected chi connectivity index (χ3v) is 2.89. The van der Waals surface area contributed by atoms with Crippen LogP contribution in [0.25, 0.3) is 11.3 Å². The van der Waals surface area contributed by atoms with Crippen molar-refractivity contribution in [1.29, 1.82) is 0 Å². The van der Waals surface area contributed by atoms with Crippen molar-refractivity contribution in [2.75, 3.05) is 11.1 Å². The van der Waals surface area contributed by atoms with Gasteiger partial charge in [-0.2, -0.15) is 10.1 Å². The number of anilines is 2. The number of nitrogen functional groups attached to an aromatic ring is 1. The van der Waals surface area contributed by atoms with E-state index < -0.39 is 0 Å². The second kappa shape index (κ2) is 5.40. The molecule has 0 amide bonds. The molecule has 3 rings (SSSR count). The van der Waals surface area contributed by atoms with Crippen LogP contribution in [0.1, 0.15) is 5.56 Å². The minimum atomic E-state index is 0.456. The average molecular weight is 266 g/mol. The van der Waals surface area contributed by atoms with E-state index in [4.69, 9.17) is 5.73 Å². The SMILES string of the molecule is Nc1ccnc(NCc2ccc(-c3ccn[nH]3)cc2)n1. The Morgan fingerprint density at radius 1 is 1.05 bits per heavy atom. The number of benzene rings is 1. The van der Waals surface area contributed by atoms with E-state index >= 15 is 0 Å². The lowest BCUT2D eigenvalue weighted by atomic mass is 10.1. The van der Waals surface area contributed by atoms with Crippen LogP contribution in [0.4, 0.5) is 11.8 Å². The first kappa shape index (κ1) is 12.2. The molecule has 0 saturated heterocycles. The van der Waals surface area contributed by atoms with Gasteiger partial charge in [0, 0.05) is 18.9 Å². The molecule has 0 unspecified atom stereocenters. The van der Waals surface area contributed by atoms with Crippen molar-refractivity contribution < 1.29 is 0 Å². The van der Waals surface area contributed by atoms with Crippen LogP contribution in [-0.4, -0.2) is 20.2 Å². The highest BCUT2D eigenvalue weighted by atomic mass is 15.1. The summed E-state index contributed by atoms with van der Waals surface area (Å²) in [6, 6.07) is 11.8. The molecule has 0 atom stereocenters. The van der Waals surface area contributed by atoms with Crippen molar-refractivity contribution in [2.24, 2.45) is 0 Å². The first-order valence-corrected chi connectivity index (χ1v) is 6.22. The lowest BCUT2D eigenvalue weighted by molar-refractivity contribution is 1.06. The van der Waals surface area contributed by atoms with Crippen LogP contribution >= 0.6 is 0 Å². The Labute approximate surface area is 116 Å². The van der Waals surface area contributed by atoms with Gasteiger partial charge in [0.25, 0.3) is 0 Å². The maximum absolute atomic E-state index is 5.60. The molecule has 4 N–H and O–H groups in total. The zero-order chi connectivity index (χ0) is 13.8. The molecule has 6 nitrogen and oxygen atoms in total. The lowest BCUT2D eigenvalue weighted by Crippen LogP contribution is -2.04. The summed E-state index contributed by atoms with van der Waals surface area (Å²) in [6.07, 6.45) is 3.37. The van der Waals surface area contributed by atoms with Crippen LogP contribution in [0.5, 0.6) is 0 Å². The van der Waals surface area contributed by atoms with Gasteiger partial charge in [-0.3, -0.25) is 5.10 Å². The molecule has 2 heterocycles. The van der Waals surface area contributed by atoms with Crippen molar-refractivity contribution in [3.05, 3.63) is 54.4 Å². The maximum Gasteiger partial charge on any atom is 0.224 e. The number of rotatable bonds is 4. The maximum atomic E-state index is 5.60. The molecule has 0 bridgehead atoms. The molecular formula is C14H14N6. The van der Waals surface area contributed by atoms with E-state index in [-0.39, 0.29) is 0 Å². The number of nitrogens with one attached hydrogen (secondary N) is 2. The first-order chi connectivity index (χ1) is 9.81. The number of hydrogen-bond acceptors (Lipinski definition) is 5. The van der Waals surface area contributed by atoms with Crippen molar-refractivity contribution in [2.45, 2.75) is 6.54 Å². The van der Waals surface area contributed by atoms with Gasteiger partial charge in [-0.25, -0.2) is 4.98 Å². The van der Waals surface area contributed by atoms with E-state index in [1.54, 1.807) is 18.5 Å². The summed E-state index contributed by atoms with van der Waals surface area (Å²) in [7, 11) is 0. The fourth-order valence-corrected chi connectivity index (χ4v) is 1.86. The van der Waals surface area contributed by atoms with Crippen LogP contribution in [-0.2, 0) is 6.54 Å². The Hall–Kier alpha value is -2.89. The summed E-state index contributed by atoms with van der Waals surface area (Å²) in [6.45, 7) is 0.646. The van der Waals surface area contributed by atoms with Gasteiger partial charge >= 0.3 is 0 Å². The van der Waals surface area contributed by atoms with Gasteiger partial charge in [0.1, 0.15) is 5.82 Å². The predicted octanol–water partition coefficient (Wildman–Crippen LogP) is 2.06. The fourth-order valence-electron chi connectivity index (χ4n) is 1.86. The minimum absolute atomic E-state index is 0.456. The van der Waals surface area contributed by atoms with Crippen molar-refractivity contribution in [3.63, 3.8) is 0 Å². The van der Waals surface area contributed by atoms with E-state index in [0.29, 0.717) is 18.3 Å². The topological polar surface area (TPSA) is 92.5 Å². The third kappa shape index (κ3) is 2.74. The Kier molecular flexibility index (Phi) is 3.28. The quantitative estimate of drug-likeness (QED) is 0.672. The third-order valence-electron chi connectivity index (χ3n) is 2.89. The molecule has 1 aromatic carbocycles. The molecule has 0 aliphatic heterocycles. The summed E-state index contributed by atoms with van der Waals surface area (Å²) in [5.41, 5.74) is 8.85. The zero-order valence-electron chi connectivity index (χ0n) is 10.7. The summed E-state index contributed by atoms with van der Waals surface area (Å²) >= 11 is 0. The van der Waals surface area contributed by atoms with Crippen molar-refractivity contribution in [1.82, 2.24) is 20.2 Å². The summed E-state index contributed by atoms with van der Waals surface area (Å²) in [5, 5.41) is 10.0. The number of nitrogens with two attached hydrogens (primary N) is 1. The molecule has 6 heteroatoms. The van der Waals surface area contributed by atoms with Gasteiger partial charge in [0.05, 0.1) is 5.69 Å². The molecule has 20 heavy (non-hydrogen) atoms. The van der Waals surface area contributed by atoms with E-state index in [1.807, 2.05) is 18.2 Å². The summed E-state index contributed by atoms with van der Waals surface area (Å²) < 4.78 is 0. The van der Waals surface area contributed by atoms with Gasteiger partial charge in [-0.15, -0.1) is 0 Å². The molecule has 0 aliphatic rings. The number of H-pyrrole nitrogens is 1. The largest absolute Gasteiger partial charge is 0.384 e. The molecule has 0 saturated carbocycles. The van der Waals surface area contributed by atoms with Gasteiger partial charge in [0.15, 0.2) is 0 Å². The van der Waals surface area contributed by atoms with E-state index in [1.165, 1.54) is 0 Å². The fraction of sp³-hybridized carbons (Fsp3) is 0.0714. The average Bonchev–Trinajstić information content (AvgIpc) is 3.00. The number of aromatic nitrogens is 4. The van der Waals surface area contributed by atoms with E-state index in [9.17, 15) is 0 Å². The molecule has 0 fully saturated rings. The highest BCUT2D eigenvalue weighted by Gasteiger charge is 2.00. The van der Waals surface area contributed by atoms with Crippen LogP contribution in [0.2, 0.25) is 0 Å². The molecule has 0 aliphatic carbocycles. The van der Waals surface area contributed by atoms with Crippen LogP contribution in [0.15, 0.2) is 48.8 Å². The number of nitrogens with zero attached hydrogens (tertiary/aromatic N) is 3. The molecule has 0 radical (unpaired) electrons. The van der Waals surface area contributed by atoms with Gasteiger partial charge in [-0.1, -0.05) is 24.3 Å². The predicted molar refractivity (Wildman–Crippen MR) is 77.8 cm³/mol. The summed E-state index contributed by atoms with van der Waals surface area (Å²) in [5.74, 6) is 0.986. The second-order valence-corrected chi connectivity index (χ2v) is 4.33. The van der Waals surface area contributed by atoms with Gasteiger partial charge in [-0.05, 0) is 23.3 Å². The molecule has 2 aromatic heterocycles. The summed E-state index contributed by atoms with van der Waals surface area (Å²) in [4.78, 5) is 8.19. The second-order valence-electron chi connectivity index (χ2n) is 4.33.